The molecule has 3 atom stereocenters. The molecule has 0 amide bonds. The van der Waals surface area contributed by atoms with Crippen LogP contribution in [0.15, 0.2) is 29.3 Å². The molecule has 3 heteroatoms. The Kier molecular flexibility index (Phi) is 3.12. The maximum atomic E-state index is 10.9. The van der Waals surface area contributed by atoms with Crippen LogP contribution in [0.1, 0.15) is 51.0 Å². The predicted octanol–water partition coefficient (Wildman–Crippen LogP) is 3.53. The maximum Gasteiger partial charge on any atom is 0.124 e. The molecule has 0 heterocycles. The van der Waals surface area contributed by atoms with E-state index in [1.165, 1.54) is 19.3 Å². The molecule has 0 spiro atoms. The van der Waals surface area contributed by atoms with E-state index in [-0.39, 0.29) is 17.2 Å². The van der Waals surface area contributed by atoms with Crippen molar-refractivity contribution in [2.45, 2.75) is 57.1 Å². The van der Waals surface area contributed by atoms with E-state index in [4.69, 9.17) is 4.99 Å². The maximum absolute atomic E-state index is 10.9. The molecule has 4 bridgehead atoms. The van der Waals surface area contributed by atoms with Gasteiger partial charge in [0.1, 0.15) is 5.75 Å². The van der Waals surface area contributed by atoms with Crippen LogP contribution in [0.4, 0.5) is 0 Å². The molecule has 0 saturated heterocycles. The van der Waals surface area contributed by atoms with Crippen LogP contribution in [0.25, 0.3) is 0 Å². The Morgan fingerprint density at radius 3 is 2.50 bits per heavy atom. The van der Waals surface area contributed by atoms with Crippen LogP contribution in [0, 0.1) is 17.3 Å². The summed E-state index contributed by atoms with van der Waals surface area (Å²) >= 11 is 0. The van der Waals surface area contributed by atoms with E-state index in [1.54, 1.807) is 6.07 Å². The molecule has 118 valence electrons. The summed E-state index contributed by atoms with van der Waals surface area (Å²) in [5, 5.41) is 20.7. The van der Waals surface area contributed by atoms with Crippen LogP contribution < -0.4 is 0 Å². The molecular weight excluding hydrogens is 274 g/mol. The first-order valence-electron chi connectivity index (χ1n) is 8.52. The van der Waals surface area contributed by atoms with Gasteiger partial charge in [-0.25, -0.2) is 0 Å². The fourth-order valence-corrected chi connectivity index (χ4v) is 5.72. The lowest BCUT2D eigenvalue weighted by atomic mass is 9.46. The fourth-order valence-electron chi connectivity index (χ4n) is 5.72. The molecule has 4 fully saturated rings. The number of aliphatic imine (C=N–C) groups is 1. The fraction of sp³-hybridized carbons (Fsp3) is 0.632. The third kappa shape index (κ3) is 2.26. The minimum Gasteiger partial charge on any atom is -0.507 e. The van der Waals surface area contributed by atoms with Crippen molar-refractivity contribution < 1.29 is 10.2 Å². The second-order valence-electron chi connectivity index (χ2n) is 8.06. The number of phenols is 1. The van der Waals surface area contributed by atoms with Crippen LogP contribution in [0.5, 0.6) is 5.75 Å². The molecule has 22 heavy (non-hydrogen) atoms. The average Bonchev–Trinajstić information content (AvgIpc) is 2.43. The topological polar surface area (TPSA) is 52.8 Å². The van der Waals surface area contributed by atoms with Gasteiger partial charge in [-0.05, 0) is 74.8 Å². The number of benzene rings is 1. The number of phenolic OH excluding ortho intramolecular Hbond substituents is 1. The summed E-state index contributed by atoms with van der Waals surface area (Å²) in [6.45, 7) is 2.19. The summed E-state index contributed by atoms with van der Waals surface area (Å²) in [7, 11) is 0. The highest BCUT2D eigenvalue weighted by Gasteiger charge is 2.58. The number of nitrogens with zero attached hydrogens (tertiary/aromatic N) is 1. The Bertz CT molecular complexity index is 595. The van der Waals surface area contributed by atoms with Gasteiger partial charge < -0.3 is 10.2 Å². The van der Waals surface area contributed by atoms with E-state index in [9.17, 15) is 10.2 Å². The molecule has 1 aromatic carbocycles. The van der Waals surface area contributed by atoms with Gasteiger partial charge in [0.2, 0.25) is 0 Å². The van der Waals surface area contributed by atoms with Gasteiger partial charge in [0, 0.05) is 11.8 Å². The third-order valence-electron chi connectivity index (χ3n) is 6.34. The molecule has 5 rings (SSSR count). The van der Waals surface area contributed by atoms with Crippen LogP contribution in [-0.4, -0.2) is 28.1 Å². The van der Waals surface area contributed by atoms with E-state index >= 15 is 0 Å². The lowest BCUT2D eigenvalue weighted by molar-refractivity contribution is -0.168. The van der Waals surface area contributed by atoms with Crippen LogP contribution in [-0.2, 0) is 0 Å². The minimum atomic E-state index is -0.428. The van der Waals surface area contributed by atoms with Gasteiger partial charge in [0.25, 0.3) is 0 Å². The third-order valence-corrected chi connectivity index (χ3v) is 6.34. The van der Waals surface area contributed by atoms with Crippen molar-refractivity contribution in [2.24, 2.45) is 22.2 Å². The zero-order valence-electron chi connectivity index (χ0n) is 13.2. The van der Waals surface area contributed by atoms with Gasteiger partial charge in [-0.1, -0.05) is 12.1 Å². The summed E-state index contributed by atoms with van der Waals surface area (Å²) in [5.74, 6) is 1.66. The zero-order valence-corrected chi connectivity index (χ0v) is 13.2. The standard InChI is InChI=1S/C19H25NO2/c1-13(20-11-16-4-2-3-5-17(16)21)18-7-14-6-15(8-18)10-19(22,9-14)12-18/h2-5,11,13-15,21-22H,6-10,12H2,1H3/t13-,14-,15-,18?,19?/m0/s1. The van der Waals surface area contributed by atoms with Crippen molar-refractivity contribution in [3.8, 4) is 5.75 Å². The summed E-state index contributed by atoms with van der Waals surface area (Å²) in [4.78, 5) is 4.78. The Labute approximate surface area is 132 Å². The normalized spacial score (nSPS) is 41.2. The molecule has 4 saturated carbocycles. The summed E-state index contributed by atoms with van der Waals surface area (Å²) in [5.41, 5.74) is 0.514. The highest BCUT2D eigenvalue weighted by atomic mass is 16.3. The first-order chi connectivity index (χ1) is 10.5. The summed E-state index contributed by atoms with van der Waals surface area (Å²) < 4.78 is 0. The van der Waals surface area contributed by atoms with Gasteiger partial charge in [0.05, 0.1) is 11.6 Å². The van der Waals surface area contributed by atoms with Crippen molar-refractivity contribution in [2.75, 3.05) is 0 Å². The number of rotatable bonds is 3. The number of hydrogen-bond acceptors (Lipinski definition) is 3. The smallest absolute Gasteiger partial charge is 0.124 e. The van der Waals surface area contributed by atoms with Gasteiger partial charge in [0.15, 0.2) is 0 Å². The van der Waals surface area contributed by atoms with Crippen molar-refractivity contribution in [3.05, 3.63) is 29.8 Å². The molecule has 3 nitrogen and oxygen atoms in total. The monoisotopic (exact) mass is 299 g/mol. The first kappa shape index (κ1) is 14.3. The molecular formula is C19H25NO2. The van der Waals surface area contributed by atoms with Gasteiger partial charge >= 0.3 is 0 Å². The van der Waals surface area contributed by atoms with E-state index < -0.39 is 5.60 Å². The quantitative estimate of drug-likeness (QED) is 0.839. The van der Waals surface area contributed by atoms with E-state index in [1.807, 2.05) is 24.4 Å². The van der Waals surface area contributed by atoms with E-state index in [0.29, 0.717) is 11.8 Å². The first-order valence-corrected chi connectivity index (χ1v) is 8.52. The minimum absolute atomic E-state index is 0.166. The van der Waals surface area contributed by atoms with Crippen molar-refractivity contribution >= 4 is 6.21 Å². The summed E-state index contributed by atoms with van der Waals surface area (Å²) in [6, 6.07) is 7.52. The number of aliphatic hydroxyl groups is 1. The number of aromatic hydroxyl groups is 1. The molecule has 4 aliphatic rings. The Morgan fingerprint density at radius 2 is 1.86 bits per heavy atom. The van der Waals surface area contributed by atoms with Crippen LogP contribution in [0.3, 0.4) is 0 Å². The molecule has 4 aliphatic carbocycles. The van der Waals surface area contributed by atoms with Gasteiger partial charge in [-0.15, -0.1) is 0 Å². The molecule has 1 aromatic rings. The number of para-hydroxylation sites is 1. The molecule has 0 radical (unpaired) electrons. The van der Waals surface area contributed by atoms with Crippen LogP contribution >= 0.6 is 0 Å². The second-order valence-corrected chi connectivity index (χ2v) is 8.06. The van der Waals surface area contributed by atoms with Crippen LogP contribution in [0.2, 0.25) is 0 Å². The molecule has 0 unspecified atom stereocenters. The van der Waals surface area contributed by atoms with Crippen molar-refractivity contribution in [3.63, 3.8) is 0 Å². The SMILES string of the molecule is C[C@H](N=Cc1ccccc1O)C12C[C@@H]3C[C@H](CC(O)(C3)C1)C2. The Hall–Kier alpha value is -1.35. The summed E-state index contributed by atoms with van der Waals surface area (Å²) in [6.07, 6.45) is 8.45. The molecule has 0 aliphatic heterocycles. The zero-order chi connectivity index (χ0) is 15.4. The molecule has 2 N–H and O–H groups in total. The largest absolute Gasteiger partial charge is 0.507 e. The van der Waals surface area contributed by atoms with Crippen molar-refractivity contribution in [1.82, 2.24) is 0 Å². The van der Waals surface area contributed by atoms with E-state index in [2.05, 4.69) is 6.92 Å². The Balaban J connectivity index is 1.58. The Morgan fingerprint density at radius 1 is 1.18 bits per heavy atom. The second kappa shape index (κ2) is 4.82. The highest BCUT2D eigenvalue weighted by Crippen LogP contribution is 2.63. The predicted molar refractivity (Wildman–Crippen MR) is 87.2 cm³/mol. The van der Waals surface area contributed by atoms with Gasteiger partial charge in [-0.2, -0.15) is 0 Å². The van der Waals surface area contributed by atoms with E-state index in [0.717, 1.165) is 24.8 Å². The lowest BCUT2D eigenvalue weighted by Crippen LogP contribution is -2.58. The van der Waals surface area contributed by atoms with Crippen molar-refractivity contribution in [1.29, 1.82) is 0 Å². The highest BCUT2D eigenvalue weighted by molar-refractivity contribution is 5.83. The molecule has 0 aromatic heterocycles. The average molecular weight is 299 g/mol. The lowest BCUT2D eigenvalue weighted by Gasteiger charge is -2.61. The number of hydrogen-bond donors (Lipinski definition) is 2. The van der Waals surface area contributed by atoms with Gasteiger partial charge in [-0.3, -0.25) is 4.99 Å².